The molecular formula is C15H10O2S2. The van der Waals surface area contributed by atoms with E-state index in [4.69, 9.17) is 5.11 Å². The van der Waals surface area contributed by atoms with Gasteiger partial charge in [0.05, 0.1) is 0 Å². The number of carbonyl (C=O) groups is 1. The summed E-state index contributed by atoms with van der Waals surface area (Å²) >= 11 is 3.00. The average Bonchev–Trinajstić information content (AvgIpc) is 3.03. The Labute approximate surface area is 118 Å². The van der Waals surface area contributed by atoms with E-state index in [1.807, 2.05) is 30.4 Å². The maximum Gasteiger partial charge on any atom is 0.345 e. The molecule has 0 aliphatic heterocycles. The maximum absolute atomic E-state index is 10.8. The molecular weight excluding hydrogens is 276 g/mol. The molecule has 2 heterocycles. The summed E-state index contributed by atoms with van der Waals surface area (Å²) in [6.45, 7) is 0. The van der Waals surface area contributed by atoms with E-state index in [1.54, 1.807) is 17.4 Å². The van der Waals surface area contributed by atoms with Gasteiger partial charge in [-0.2, -0.15) is 0 Å². The number of hydrogen-bond donors (Lipinski definition) is 1. The molecule has 19 heavy (non-hydrogen) atoms. The Morgan fingerprint density at radius 1 is 1.11 bits per heavy atom. The Balaban J connectivity index is 1.91. The summed E-state index contributed by atoms with van der Waals surface area (Å²) < 4.78 is 1.26. The van der Waals surface area contributed by atoms with E-state index in [1.165, 1.54) is 27.0 Å². The second-order valence-corrected chi connectivity index (χ2v) is 6.05. The summed E-state index contributed by atoms with van der Waals surface area (Å²) in [6, 6.07) is 11.7. The lowest BCUT2D eigenvalue weighted by atomic mass is 10.1. The van der Waals surface area contributed by atoms with Gasteiger partial charge in [0.25, 0.3) is 0 Å². The first-order chi connectivity index (χ1) is 9.24. The summed E-state index contributed by atoms with van der Waals surface area (Å²) in [6.07, 6.45) is 4.00. The van der Waals surface area contributed by atoms with Crippen molar-refractivity contribution in [1.29, 1.82) is 0 Å². The Morgan fingerprint density at radius 2 is 1.95 bits per heavy atom. The standard InChI is InChI=1S/C15H10O2S2/c16-15(17)14-8-7-11(19-14)6-5-10-9-18-13-4-2-1-3-12(10)13/h1-9H,(H,16,17). The number of hydrogen-bond acceptors (Lipinski definition) is 3. The molecule has 0 amide bonds. The van der Waals surface area contributed by atoms with E-state index in [-0.39, 0.29) is 0 Å². The van der Waals surface area contributed by atoms with Gasteiger partial charge >= 0.3 is 5.97 Å². The number of fused-ring (bicyclic) bond motifs is 1. The third-order valence-electron chi connectivity index (χ3n) is 2.78. The van der Waals surface area contributed by atoms with E-state index in [0.717, 1.165) is 4.88 Å². The maximum atomic E-state index is 10.8. The predicted molar refractivity (Wildman–Crippen MR) is 82.0 cm³/mol. The molecule has 0 aliphatic carbocycles. The van der Waals surface area contributed by atoms with E-state index in [0.29, 0.717) is 4.88 Å². The molecule has 0 spiro atoms. The van der Waals surface area contributed by atoms with Gasteiger partial charge in [0.15, 0.2) is 0 Å². The summed E-state index contributed by atoms with van der Waals surface area (Å²) in [5, 5.41) is 12.2. The fraction of sp³-hybridized carbons (Fsp3) is 0. The molecule has 94 valence electrons. The number of carboxylic acid groups (broad SMARTS) is 1. The fourth-order valence-corrected chi connectivity index (χ4v) is 3.54. The van der Waals surface area contributed by atoms with Crippen LogP contribution in [0, 0.1) is 0 Å². The number of aromatic carboxylic acids is 1. The van der Waals surface area contributed by atoms with E-state index in [9.17, 15) is 4.79 Å². The van der Waals surface area contributed by atoms with Crippen molar-refractivity contribution in [3.05, 3.63) is 57.1 Å². The van der Waals surface area contributed by atoms with Crippen LogP contribution in [0.25, 0.3) is 22.2 Å². The summed E-state index contributed by atoms with van der Waals surface area (Å²) in [4.78, 5) is 12.1. The smallest absolute Gasteiger partial charge is 0.345 e. The van der Waals surface area contributed by atoms with E-state index < -0.39 is 5.97 Å². The molecule has 0 aliphatic rings. The zero-order valence-corrected chi connectivity index (χ0v) is 11.5. The van der Waals surface area contributed by atoms with Crippen LogP contribution >= 0.6 is 22.7 Å². The second kappa shape index (κ2) is 4.99. The van der Waals surface area contributed by atoms with Crippen LogP contribution < -0.4 is 0 Å². The van der Waals surface area contributed by atoms with Crippen LogP contribution in [0.4, 0.5) is 0 Å². The first-order valence-electron chi connectivity index (χ1n) is 5.71. The first-order valence-corrected chi connectivity index (χ1v) is 7.41. The van der Waals surface area contributed by atoms with Crippen LogP contribution in [-0.4, -0.2) is 11.1 Å². The molecule has 0 fully saturated rings. The minimum Gasteiger partial charge on any atom is -0.477 e. The van der Waals surface area contributed by atoms with Crippen LogP contribution in [0.2, 0.25) is 0 Å². The molecule has 4 heteroatoms. The third-order valence-corrected chi connectivity index (χ3v) is 4.80. The highest BCUT2D eigenvalue weighted by atomic mass is 32.1. The highest BCUT2D eigenvalue weighted by Gasteiger charge is 2.05. The van der Waals surface area contributed by atoms with Crippen molar-refractivity contribution >= 4 is 50.9 Å². The second-order valence-electron chi connectivity index (χ2n) is 4.03. The number of carboxylic acids is 1. The van der Waals surface area contributed by atoms with Gasteiger partial charge in [-0.3, -0.25) is 0 Å². The van der Waals surface area contributed by atoms with Gasteiger partial charge in [0.1, 0.15) is 4.88 Å². The first kappa shape index (κ1) is 12.1. The molecule has 1 aromatic carbocycles. The molecule has 0 bridgehead atoms. The molecule has 1 N–H and O–H groups in total. The van der Waals surface area contributed by atoms with Crippen LogP contribution in [0.5, 0.6) is 0 Å². The van der Waals surface area contributed by atoms with Crippen molar-refractivity contribution in [2.24, 2.45) is 0 Å². The van der Waals surface area contributed by atoms with Crippen LogP contribution in [0.3, 0.4) is 0 Å². The lowest BCUT2D eigenvalue weighted by Gasteiger charge is -1.90. The van der Waals surface area contributed by atoms with Crippen molar-refractivity contribution in [3.8, 4) is 0 Å². The van der Waals surface area contributed by atoms with Gasteiger partial charge in [-0.05, 0) is 40.6 Å². The van der Waals surface area contributed by atoms with E-state index in [2.05, 4.69) is 17.5 Å². The fourth-order valence-electron chi connectivity index (χ4n) is 1.86. The highest BCUT2D eigenvalue weighted by molar-refractivity contribution is 7.17. The highest BCUT2D eigenvalue weighted by Crippen LogP contribution is 2.28. The van der Waals surface area contributed by atoms with Gasteiger partial charge in [-0.25, -0.2) is 4.79 Å². The molecule has 3 rings (SSSR count). The van der Waals surface area contributed by atoms with Crippen molar-refractivity contribution in [2.75, 3.05) is 0 Å². The monoisotopic (exact) mass is 286 g/mol. The molecule has 0 saturated carbocycles. The summed E-state index contributed by atoms with van der Waals surface area (Å²) in [5.74, 6) is -0.870. The predicted octanol–water partition coefficient (Wildman–Crippen LogP) is 4.83. The van der Waals surface area contributed by atoms with Gasteiger partial charge in [0.2, 0.25) is 0 Å². The zero-order valence-electron chi connectivity index (χ0n) is 9.87. The Hall–Kier alpha value is -1.91. The largest absolute Gasteiger partial charge is 0.477 e. The topological polar surface area (TPSA) is 37.3 Å². The van der Waals surface area contributed by atoms with E-state index >= 15 is 0 Å². The molecule has 0 saturated heterocycles. The Kier molecular flexibility index (Phi) is 3.19. The van der Waals surface area contributed by atoms with Crippen molar-refractivity contribution in [2.45, 2.75) is 0 Å². The normalized spacial score (nSPS) is 11.4. The van der Waals surface area contributed by atoms with Crippen molar-refractivity contribution in [3.63, 3.8) is 0 Å². The molecule has 3 aromatic rings. The van der Waals surface area contributed by atoms with Crippen LogP contribution in [-0.2, 0) is 0 Å². The zero-order chi connectivity index (χ0) is 13.2. The van der Waals surface area contributed by atoms with Gasteiger partial charge in [-0.1, -0.05) is 24.3 Å². The SMILES string of the molecule is O=C(O)c1ccc(C=Cc2csc3ccccc23)s1. The lowest BCUT2D eigenvalue weighted by molar-refractivity contribution is 0.0702. The minimum atomic E-state index is -0.870. The van der Waals surface area contributed by atoms with Crippen LogP contribution in [0.1, 0.15) is 20.1 Å². The number of rotatable bonds is 3. The molecule has 0 atom stereocenters. The molecule has 2 aromatic heterocycles. The lowest BCUT2D eigenvalue weighted by Crippen LogP contribution is -1.89. The number of benzene rings is 1. The number of thiophene rings is 2. The Bertz CT molecular complexity index is 765. The van der Waals surface area contributed by atoms with Crippen LogP contribution in [0.15, 0.2) is 41.8 Å². The average molecular weight is 286 g/mol. The molecule has 0 radical (unpaired) electrons. The quantitative estimate of drug-likeness (QED) is 0.748. The minimum absolute atomic E-state index is 0.370. The van der Waals surface area contributed by atoms with Crippen molar-refractivity contribution < 1.29 is 9.90 Å². The summed E-state index contributed by atoms with van der Waals surface area (Å²) in [7, 11) is 0. The van der Waals surface area contributed by atoms with Gasteiger partial charge < -0.3 is 5.11 Å². The van der Waals surface area contributed by atoms with Gasteiger partial charge in [0, 0.05) is 9.58 Å². The summed E-state index contributed by atoms with van der Waals surface area (Å²) in [5.41, 5.74) is 1.17. The van der Waals surface area contributed by atoms with Crippen molar-refractivity contribution in [1.82, 2.24) is 0 Å². The molecule has 2 nitrogen and oxygen atoms in total. The third kappa shape index (κ3) is 2.45. The van der Waals surface area contributed by atoms with Gasteiger partial charge in [-0.15, -0.1) is 22.7 Å². The Morgan fingerprint density at radius 3 is 2.74 bits per heavy atom. The molecule has 0 unspecified atom stereocenters.